The summed E-state index contributed by atoms with van der Waals surface area (Å²) in [6.07, 6.45) is 10.1. The molecule has 3 heteroatoms. The van der Waals surface area contributed by atoms with Crippen LogP contribution in [0.3, 0.4) is 0 Å². The second kappa shape index (κ2) is 7.08. The summed E-state index contributed by atoms with van der Waals surface area (Å²) in [6, 6.07) is 4.37. The van der Waals surface area contributed by atoms with E-state index in [1.165, 1.54) is 44.2 Å². The molecule has 3 rings (SSSR count). The molecule has 1 aromatic rings. The molecule has 0 saturated heterocycles. The highest BCUT2D eigenvalue weighted by molar-refractivity contribution is 5.22. The fraction of sp³-hybridized carbons (Fsp3) is 0.684. The van der Waals surface area contributed by atoms with E-state index < -0.39 is 11.6 Å². The molecule has 0 aliphatic heterocycles. The molecule has 0 amide bonds. The van der Waals surface area contributed by atoms with Crippen LogP contribution in [0.15, 0.2) is 18.2 Å². The zero-order valence-electron chi connectivity index (χ0n) is 13.1. The van der Waals surface area contributed by atoms with Crippen LogP contribution in [0.2, 0.25) is 0 Å². The molecular formula is C19H26F2O. The minimum Gasteiger partial charge on any atom is -0.393 e. The van der Waals surface area contributed by atoms with E-state index in [0.29, 0.717) is 5.92 Å². The highest BCUT2D eigenvalue weighted by Gasteiger charge is 2.27. The number of benzene rings is 1. The summed E-state index contributed by atoms with van der Waals surface area (Å²) >= 11 is 0. The van der Waals surface area contributed by atoms with Crippen LogP contribution < -0.4 is 0 Å². The van der Waals surface area contributed by atoms with Gasteiger partial charge in [0.25, 0.3) is 0 Å². The first kappa shape index (κ1) is 15.9. The maximum atomic E-state index is 13.4. The van der Waals surface area contributed by atoms with E-state index in [1.54, 1.807) is 6.07 Å². The Morgan fingerprint density at radius 1 is 0.818 bits per heavy atom. The van der Waals surface area contributed by atoms with Gasteiger partial charge in [0.2, 0.25) is 0 Å². The van der Waals surface area contributed by atoms with Gasteiger partial charge < -0.3 is 5.11 Å². The Bertz CT molecular complexity index is 486. The largest absolute Gasteiger partial charge is 0.393 e. The smallest absolute Gasteiger partial charge is 0.159 e. The summed E-state index contributed by atoms with van der Waals surface area (Å²) in [4.78, 5) is 0. The van der Waals surface area contributed by atoms with Crippen LogP contribution in [0.1, 0.15) is 69.3 Å². The van der Waals surface area contributed by atoms with E-state index in [2.05, 4.69) is 0 Å². The van der Waals surface area contributed by atoms with Crippen LogP contribution in [0, 0.1) is 23.5 Å². The SMILES string of the molecule is OC1CCC(CC2CCC(c3ccc(F)c(F)c3)CC2)CC1. The molecule has 0 radical (unpaired) electrons. The van der Waals surface area contributed by atoms with Gasteiger partial charge in [0.1, 0.15) is 0 Å². The second-order valence-corrected chi connectivity index (χ2v) is 7.30. The van der Waals surface area contributed by atoms with Gasteiger partial charge in [-0.25, -0.2) is 8.78 Å². The third-order valence-electron chi connectivity index (χ3n) is 5.74. The molecule has 2 saturated carbocycles. The summed E-state index contributed by atoms with van der Waals surface area (Å²) in [5.41, 5.74) is 0.957. The fourth-order valence-electron chi connectivity index (χ4n) is 4.35. The molecule has 122 valence electrons. The van der Waals surface area contributed by atoms with Gasteiger partial charge in [0.15, 0.2) is 11.6 Å². The van der Waals surface area contributed by atoms with Crippen LogP contribution in [0.5, 0.6) is 0 Å². The standard InChI is InChI=1S/C19H26F2O/c20-18-10-7-16(12-19(18)21)15-5-1-13(2-6-15)11-14-3-8-17(22)9-4-14/h7,10,12-15,17,22H,1-6,8-9,11H2. The topological polar surface area (TPSA) is 20.2 Å². The van der Waals surface area contributed by atoms with E-state index in [0.717, 1.165) is 43.1 Å². The molecule has 22 heavy (non-hydrogen) atoms. The molecule has 1 aromatic carbocycles. The average molecular weight is 308 g/mol. The molecule has 0 heterocycles. The number of hydrogen-bond acceptors (Lipinski definition) is 1. The van der Waals surface area contributed by atoms with Crippen molar-refractivity contribution in [2.45, 2.75) is 69.8 Å². The number of halogens is 2. The van der Waals surface area contributed by atoms with E-state index in [-0.39, 0.29) is 6.10 Å². The summed E-state index contributed by atoms with van der Waals surface area (Å²) in [6.45, 7) is 0. The first-order chi connectivity index (χ1) is 10.6. The zero-order chi connectivity index (χ0) is 15.5. The Kier molecular flexibility index (Phi) is 5.12. The minimum atomic E-state index is -0.753. The summed E-state index contributed by atoms with van der Waals surface area (Å²) in [5, 5.41) is 9.58. The van der Waals surface area contributed by atoms with Crippen molar-refractivity contribution in [1.82, 2.24) is 0 Å². The lowest BCUT2D eigenvalue weighted by Gasteiger charge is -2.33. The van der Waals surface area contributed by atoms with Gasteiger partial charge in [0, 0.05) is 0 Å². The molecule has 0 bridgehead atoms. The van der Waals surface area contributed by atoms with Gasteiger partial charge in [-0.3, -0.25) is 0 Å². The van der Waals surface area contributed by atoms with Gasteiger partial charge in [0.05, 0.1) is 6.10 Å². The van der Waals surface area contributed by atoms with Gasteiger partial charge in [-0.1, -0.05) is 6.07 Å². The van der Waals surface area contributed by atoms with Gasteiger partial charge >= 0.3 is 0 Å². The Hall–Kier alpha value is -0.960. The lowest BCUT2D eigenvalue weighted by atomic mass is 9.73. The van der Waals surface area contributed by atoms with Gasteiger partial charge in [-0.2, -0.15) is 0 Å². The number of aliphatic hydroxyl groups excluding tert-OH is 1. The van der Waals surface area contributed by atoms with Crippen LogP contribution in [-0.2, 0) is 0 Å². The van der Waals surface area contributed by atoms with Crippen molar-refractivity contribution < 1.29 is 13.9 Å². The Morgan fingerprint density at radius 3 is 2.00 bits per heavy atom. The normalized spacial score (nSPS) is 32.9. The van der Waals surface area contributed by atoms with E-state index in [4.69, 9.17) is 0 Å². The van der Waals surface area contributed by atoms with Crippen LogP contribution >= 0.6 is 0 Å². The molecule has 0 aromatic heterocycles. The number of aliphatic hydroxyl groups is 1. The van der Waals surface area contributed by atoms with Crippen molar-refractivity contribution in [2.24, 2.45) is 11.8 Å². The average Bonchev–Trinajstić information content (AvgIpc) is 2.53. The first-order valence-corrected chi connectivity index (χ1v) is 8.75. The highest BCUT2D eigenvalue weighted by Crippen LogP contribution is 2.40. The molecular weight excluding hydrogens is 282 g/mol. The molecule has 1 nitrogen and oxygen atoms in total. The Balaban J connectivity index is 1.48. The first-order valence-electron chi connectivity index (χ1n) is 8.75. The van der Waals surface area contributed by atoms with Crippen molar-refractivity contribution in [2.75, 3.05) is 0 Å². The zero-order valence-corrected chi connectivity index (χ0v) is 13.1. The Morgan fingerprint density at radius 2 is 1.41 bits per heavy atom. The predicted molar refractivity (Wildman–Crippen MR) is 83.6 cm³/mol. The summed E-state index contributed by atoms with van der Waals surface area (Å²) in [7, 11) is 0. The predicted octanol–water partition coefficient (Wildman–Crippen LogP) is 5.18. The number of rotatable bonds is 3. The van der Waals surface area contributed by atoms with Crippen molar-refractivity contribution >= 4 is 0 Å². The van der Waals surface area contributed by atoms with E-state index in [9.17, 15) is 13.9 Å². The van der Waals surface area contributed by atoms with Gasteiger partial charge in [-0.05, 0) is 93.2 Å². The molecule has 2 fully saturated rings. The van der Waals surface area contributed by atoms with Crippen LogP contribution in [0.25, 0.3) is 0 Å². The second-order valence-electron chi connectivity index (χ2n) is 7.30. The molecule has 2 aliphatic carbocycles. The molecule has 0 unspecified atom stereocenters. The fourth-order valence-corrected chi connectivity index (χ4v) is 4.35. The summed E-state index contributed by atoms with van der Waals surface area (Å²) < 4.78 is 26.4. The van der Waals surface area contributed by atoms with Crippen LogP contribution in [-0.4, -0.2) is 11.2 Å². The third-order valence-corrected chi connectivity index (χ3v) is 5.74. The van der Waals surface area contributed by atoms with Crippen molar-refractivity contribution in [3.63, 3.8) is 0 Å². The maximum absolute atomic E-state index is 13.4. The monoisotopic (exact) mass is 308 g/mol. The molecule has 2 aliphatic rings. The number of hydrogen-bond donors (Lipinski definition) is 1. The minimum absolute atomic E-state index is 0.0691. The van der Waals surface area contributed by atoms with Gasteiger partial charge in [-0.15, -0.1) is 0 Å². The molecule has 0 atom stereocenters. The highest BCUT2D eigenvalue weighted by atomic mass is 19.2. The quantitative estimate of drug-likeness (QED) is 0.815. The lowest BCUT2D eigenvalue weighted by Crippen LogP contribution is -2.22. The van der Waals surface area contributed by atoms with Crippen molar-refractivity contribution in [3.05, 3.63) is 35.4 Å². The third kappa shape index (κ3) is 3.87. The van der Waals surface area contributed by atoms with Crippen molar-refractivity contribution in [1.29, 1.82) is 0 Å². The van der Waals surface area contributed by atoms with Crippen molar-refractivity contribution in [3.8, 4) is 0 Å². The van der Waals surface area contributed by atoms with E-state index >= 15 is 0 Å². The Labute approximate surface area is 131 Å². The maximum Gasteiger partial charge on any atom is 0.159 e. The van der Waals surface area contributed by atoms with Crippen LogP contribution in [0.4, 0.5) is 8.78 Å². The lowest BCUT2D eigenvalue weighted by molar-refractivity contribution is 0.0980. The summed E-state index contributed by atoms with van der Waals surface area (Å²) in [5.74, 6) is 0.479. The molecule has 0 spiro atoms. The van der Waals surface area contributed by atoms with E-state index in [1.807, 2.05) is 0 Å². The molecule has 1 N–H and O–H groups in total.